The van der Waals surface area contributed by atoms with Gasteiger partial charge in [0.1, 0.15) is 19.2 Å². The molecule has 0 spiro atoms. The van der Waals surface area contributed by atoms with Crippen LogP contribution in [0.3, 0.4) is 0 Å². The lowest BCUT2D eigenvalue weighted by atomic mass is 10.3. The number of rotatable bonds is 2. The molecule has 4 rings (SSSR count). The molecule has 128 valence electrons. The fraction of sp³-hybridized carbons (Fsp3) is 0.176. The second-order valence-electron chi connectivity index (χ2n) is 5.41. The Bertz CT molecular complexity index is 1120. The monoisotopic (exact) mass is 407 g/mol. The van der Waals surface area contributed by atoms with Gasteiger partial charge in [-0.05, 0) is 25.1 Å². The molecule has 1 aliphatic heterocycles. The van der Waals surface area contributed by atoms with Gasteiger partial charge in [-0.2, -0.15) is 0 Å². The van der Waals surface area contributed by atoms with Gasteiger partial charge >= 0.3 is 0 Å². The number of fused-ring (bicyclic) bond motifs is 1. The van der Waals surface area contributed by atoms with Crippen LogP contribution in [0.25, 0.3) is 11.1 Å². The van der Waals surface area contributed by atoms with Gasteiger partial charge in [0, 0.05) is 41.2 Å². The van der Waals surface area contributed by atoms with Gasteiger partial charge in [-0.15, -0.1) is 22.7 Å². The molecule has 4 nitrogen and oxygen atoms in total. The van der Waals surface area contributed by atoms with Crippen LogP contribution in [0.2, 0.25) is 5.02 Å². The molecule has 0 N–H and O–H groups in total. The number of halogens is 1. The van der Waals surface area contributed by atoms with Gasteiger partial charge in [0.25, 0.3) is 5.56 Å². The summed E-state index contributed by atoms with van der Waals surface area (Å²) in [6, 6.07) is 5.82. The molecule has 8 heteroatoms. The Morgan fingerprint density at radius 1 is 1.36 bits per heavy atom. The van der Waals surface area contributed by atoms with E-state index >= 15 is 0 Å². The summed E-state index contributed by atoms with van der Waals surface area (Å²) in [6.45, 7) is 2.62. The van der Waals surface area contributed by atoms with Crippen molar-refractivity contribution in [1.29, 1.82) is 0 Å². The van der Waals surface area contributed by atoms with Gasteiger partial charge in [0.05, 0.1) is 5.69 Å². The van der Waals surface area contributed by atoms with Crippen molar-refractivity contribution >= 4 is 62.8 Å². The third-order valence-corrected chi connectivity index (χ3v) is 7.36. The maximum Gasteiger partial charge on any atom is 0.271 e. The summed E-state index contributed by atoms with van der Waals surface area (Å²) in [4.78, 5) is 20.4. The van der Waals surface area contributed by atoms with Crippen LogP contribution in [0.4, 0.5) is 5.69 Å². The quantitative estimate of drug-likeness (QED) is 0.654. The van der Waals surface area contributed by atoms with E-state index < -0.39 is 0 Å². The highest BCUT2D eigenvalue weighted by Gasteiger charge is 2.24. The molecule has 3 aromatic rings. The minimum atomic E-state index is 0.0450. The fourth-order valence-corrected chi connectivity index (χ4v) is 5.94. The van der Waals surface area contributed by atoms with Crippen LogP contribution in [0.1, 0.15) is 11.9 Å². The Hall–Kier alpha value is -1.54. The number of benzene rings is 1. The molecule has 0 radical (unpaired) electrons. The highest BCUT2D eigenvalue weighted by molar-refractivity contribution is 8.08. The Balaban J connectivity index is 1.94. The van der Waals surface area contributed by atoms with Crippen LogP contribution in [-0.4, -0.2) is 16.6 Å². The van der Waals surface area contributed by atoms with E-state index in [1.54, 1.807) is 33.9 Å². The van der Waals surface area contributed by atoms with Crippen molar-refractivity contribution in [2.24, 2.45) is 0 Å². The summed E-state index contributed by atoms with van der Waals surface area (Å²) in [5.41, 5.74) is 1.08. The van der Waals surface area contributed by atoms with E-state index in [1.807, 2.05) is 48.5 Å². The largest absolute Gasteiger partial charge is 0.337 e. The standard InChI is InChI=1S/C17H14ClN3OS3/c1-3-21-14(9-13-19-6-7-23-13)25-15(16(21)22)17-20(2)11-8-10(18)4-5-12(11)24-17/h4-9H,3H2,1-2H3/b14-9-,17-15+. The number of aromatic nitrogens is 2. The molecule has 1 aliphatic rings. The van der Waals surface area contributed by atoms with Gasteiger partial charge in [0.15, 0.2) is 0 Å². The zero-order valence-electron chi connectivity index (χ0n) is 13.5. The Labute approximate surface area is 161 Å². The van der Waals surface area contributed by atoms with E-state index in [1.165, 1.54) is 11.3 Å². The van der Waals surface area contributed by atoms with Crippen molar-refractivity contribution in [2.45, 2.75) is 18.4 Å². The molecule has 0 amide bonds. The molecule has 0 aliphatic carbocycles. The highest BCUT2D eigenvalue weighted by Crippen LogP contribution is 2.46. The number of hydrogen-bond acceptors (Lipinski definition) is 6. The van der Waals surface area contributed by atoms with E-state index in [4.69, 9.17) is 11.6 Å². The highest BCUT2D eigenvalue weighted by atomic mass is 35.5. The molecule has 0 bridgehead atoms. The van der Waals surface area contributed by atoms with Gasteiger partial charge in [-0.3, -0.25) is 9.36 Å². The molecule has 0 fully saturated rings. The maximum absolute atomic E-state index is 12.9. The molecule has 2 aromatic heterocycles. The van der Waals surface area contributed by atoms with Crippen molar-refractivity contribution in [1.82, 2.24) is 9.55 Å². The summed E-state index contributed by atoms with van der Waals surface area (Å²) in [5.74, 6) is 0. The van der Waals surface area contributed by atoms with E-state index in [2.05, 4.69) is 4.98 Å². The summed E-state index contributed by atoms with van der Waals surface area (Å²) in [5, 5.41) is 4.49. The van der Waals surface area contributed by atoms with Crippen LogP contribution >= 0.6 is 46.0 Å². The maximum atomic E-state index is 12.9. The molecule has 3 heterocycles. The predicted octanol–water partition coefficient (Wildman–Crippen LogP) is 3.18. The first kappa shape index (κ1) is 16.9. The van der Waals surface area contributed by atoms with Gasteiger partial charge in [-0.1, -0.05) is 23.4 Å². The number of thiazole rings is 2. The Kier molecular flexibility index (Phi) is 4.49. The number of nitrogens with zero attached hydrogens (tertiary/aromatic N) is 3. The minimum absolute atomic E-state index is 0.0450. The van der Waals surface area contributed by atoms with Gasteiger partial charge < -0.3 is 4.90 Å². The fourth-order valence-electron chi connectivity index (χ4n) is 2.70. The lowest BCUT2D eigenvalue weighted by molar-refractivity contribution is 0.722. The first-order chi connectivity index (χ1) is 12.1. The number of hydrogen-bond donors (Lipinski definition) is 0. The van der Waals surface area contributed by atoms with E-state index in [-0.39, 0.29) is 5.56 Å². The van der Waals surface area contributed by atoms with Crippen LogP contribution in [0, 0.1) is 0 Å². The van der Waals surface area contributed by atoms with Crippen LogP contribution in [0.15, 0.2) is 39.5 Å². The Morgan fingerprint density at radius 3 is 2.92 bits per heavy atom. The lowest BCUT2D eigenvalue weighted by Crippen LogP contribution is -2.33. The van der Waals surface area contributed by atoms with Crippen molar-refractivity contribution in [3.8, 4) is 0 Å². The average Bonchev–Trinajstić information content (AvgIpc) is 3.28. The Morgan fingerprint density at radius 2 is 2.20 bits per heavy atom. The third kappa shape index (κ3) is 2.95. The smallest absolute Gasteiger partial charge is 0.271 e. The van der Waals surface area contributed by atoms with Crippen molar-refractivity contribution in [3.63, 3.8) is 0 Å². The second kappa shape index (κ2) is 6.64. The van der Waals surface area contributed by atoms with Crippen molar-refractivity contribution in [2.75, 3.05) is 11.9 Å². The normalized spacial score (nSPS) is 16.6. The molecule has 0 saturated heterocycles. The van der Waals surface area contributed by atoms with Crippen LogP contribution < -0.4 is 19.7 Å². The zero-order chi connectivity index (χ0) is 17.6. The zero-order valence-corrected chi connectivity index (χ0v) is 16.7. The summed E-state index contributed by atoms with van der Waals surface area (Å²) in [7, 11) is 1.98. The average molecular weight is 408 g/mol. The molecular formula is C17H14ClN3OS3. The SMILES string of the molecule is CCn1c(=O)/c(=C2\Sc3ccc(Cl)cc3N2C)s/c1=C\c1nccs1. The summed E-state index contributed by atoms with van der Waals surface area (Å²) >= 11 is 10.8. The van der Waals surface area contributed by atoms with Crippen molar-refractivity contribution < 1.29 is 0 Å². The molecule has 0 unspecified atom stereocenters. The summed E-state index contributed by atoms with van der Waals surface area (Å²) in [6.07, 6.45) is 3.75. The molecule has 0 saturated carbocycles. The second-order valence-corrected chi connectivity index (χ2v) is 8.84. The van der Waals surface area contributed by atoms with Crippen molar-refractivity contribution in [3.05, 3.63) is 59.4 Å². The number of thioether (sulfide) groups is 1. The van der Waals surface area contributed by atoms with E-state index in [9.17, 15) is 4.79 Å². The molecule has 1 aromatic carbocycles. The molecule has 25 heavy (non-hydrogen) atoms. The van der Waals surface area contributed by atoms with E-state index in [0.29, 0.717) is 11.6 Å². The summed E-state index contributed by atoms with van der Waals surface area (Å²) < 4.78 is 3.48. The first-order valence-electron chi connectivity index (χ1n) is 7.64. The third-order valence-electron chi connectivity index (χ3n) is 3.91. The van der Waals surface area contributed by atoms with E-state index in [0.717, 1.165) is 29.8 Å². The predicted molar refractivity (Wildman–Crippen MR) is 108 cm³/mol. The first-order valence-corrected chi connectivity index (χ1v) is 10.5. The minimum Gasteiger partial charge on any atom is -0.337 e. The topological polar surface area (TPSA) is 38.1 Å². The van der Waals surface area contributed by atoms with Gasteiger partial charge in [-0.25, -0.2) is 4.98 Å². The van der Waals surface area contributed by atoms with Crippen LogP contribution in [0.5, 0.6) is 0 Å². The molecular weight excluding hydrogens is 394 g/mol. The lowest BCUT2D eigenvalue weighted by Gasteiger charge is -2.12. The molecule has 0 atom stereocenters. The van der Waals surface area contributed by atoms with Gasteiger partial charge in [0.2, 0.25) is 0 Å². The van der Waals surface area contributed by atoms with Crippen LogP contribution in [-0.2, 0) is 6.54 Å². The number of anilines is 1.